The molecule has 0 spiro atoms. The van der Waals surface area contributed by atoms with Gasteiger partial charge >= 0.3 is 5.97 Å². The van der Waals surface area contributed by atoms with E-state index in [0.29, 0.717) is 48.1 Å². The molecule has 1 amide bonds. The predicted octanol–water partition coefficient (Wildman–Crippen LogP) is 5.48. The topological polar surface area (TPSA) is 76.9 Å². The van der Waals surface area contributed by atoms with Crippen molar-refractivity contribution in [2.45, 2.75) is 6.92 Å². The van der Waals surface area contributed by atoms with Crippen LogP contribution in [0.25, 0.3) is 16.9 Å². The highest BCUT2D eigenvalue weighted by molar-refractivity contribution is 6.32. The van der Waals surface area contributed by atoms with E-state index in [0.717, 1.165) is 11.3 Å². The number of piperazine rings is 1. The quantitative estimate of drug-likeness (QED) is 0.278. The molecule has 1 aliphatic rings. The minimum Gasteiger partial charge on any atom is -0.494 e. The SMILES string of the molecule is CCOC(=O)c1cc(-c2ccc(N3CCN(C(=O)c4ccc(OC)c(F)c4)CC3)cc2)n(-c2ccccc2Cl)n1. The fourth-order valence-corrected chi connectivity index (χ4v) is 4.91. The van der Waals surface area contributed by atoms with Crippen LogP contribution in [0.15, 0.2) is 72.8 Å². The summed E-state index contributed by atoms with van der Waals surface area (Å²) in [6.07, 6.45) is 0. The van der Waals surface area contributed by atoms with Crippen LogP contribution in [-0.4, -0.2) is 66.5 Å². The maximum atomic E-state index is 14.1. The van der Waals surface area contributed by atoms with Gasteiger partial charge in [-0.2, -0.15) is 5.10 Å². The van der Waals surface area contributed by atoms with Crippen molar-refractivity contribution in [1.82, 2.24) is 14.7 Å². The Hall–Kier alpha value is -4.37. The lowest BCUT2D eigenvalue weighted by molar-refractivity contribution is 0.0518. The molecule has 1 aromatic heterocycles. The predicted molar refractivity (Wildman–Crippen MR) is 151 cm³/mol. The fourth-order valence-electron chi connectivity index (χ4n) is 4.69. The zero-order valence-electron chi connectivity index (χ0n) is 22.1. The third-order valence-electron chi connectivity index (χ3n) is 6.77. The zero-order chi connectivity index (χ0) is 28.2. The second-order valence-corrected chi connectivity index (χ2v) is 9.58. The second kappa shape index (κ2) is 11.8. The Labute approximate surface area is 236 Å². The molecule has 2 heterocycles. The zero-order valence-corrected chi connectivity index (χ0v) is 22.9. The number of anilines is 1. The van der Waals surface area contributed by atoms with E-state index in [1.54, 1.807) is 34.7 Å². The van der Waals surface area contributed by atoms with Gasteiger partial charge in [-0.15, -0.1) is 0 Å². The number of aromatic nitrogens is 2. The summed E-state index contributed by atoms with van der Waals surface area (Å²) in [5.74, 6) is -1.16. The summed E-state index contributed by atoms with van der Waals surface area (Å²) in [4.78, 5) is 29.3. The molecular weight excluding hydrogens is 535 g/mol. The van der Waals surface area contributed by atoms with Gasteiger partial charge in [0.15, 0.2) is 17.3 Å². The van der Waals surface area contributed by atoms with Crippen molar-refractivity contribution in [3.05, 3.63) is 94.9 Å². The van der Waals surface area contributed by atoms with Crippen molar-refractivity contribution in [3.63, 3.8) is 0 Å². The molecular formula is C30H28ClFN4O4. The second-order valence-electron chi connectivity index (χ2n) is 9.17. The van der Waals surface area contributed by atoms with Crippen molar-refractivity contribution < 1.29 is 23.5 Å². The van der Waals surface area contributed by atoms with Crippen LogP contribution in [0.3, 0.4) is 0 Å². The Balaban J connectivity index is 1.32. The lowest BCUT2D eigenvalue weighted by atomic mass is 10.1. The summed E-state index contributed by atoms with van der Waals surface area (Å²) in [6, 6.07) is 21.2. The molecule has 3 aromatic carbocycles. The molecule has 206 valence electrons. The Morgan fingerprint density at radius 1 is 0.975 bits per heavy atom. The van der Waals surface area contributed by atoms with Gasteiger partial charge in [-0.3, -0.25) is 4.79 Å². The summed E-state index contributed by atoms with van der Waals surface area (Å²) >= 11 is 6.45. The maximum Gasteiger partial charge on any atom is 0.358 e. The first-order valence-electron chi connectivity index (χ1n) is 12.9. The normalized spacial score (nSPS) is 13.3. The molecule has 5 rings (SSSR count). The average Bonchev–Trinajstić information content (AvgIpc) is 3.43. The van der Waals surface area contributed by atoms with Crippen LogP contribution in [0.4, 0.5) is 10.1 Å². The number of carbonyl (C=O) groups is 2. The lowest BCUT2D eigenvalue weighted by Gasteiger charge is -2.36. The molecule has 10 heteroatoms. The van der Waals surface area contributed by atoms with Crippen LogP contribution in [0.2, 0.25) is 5.02 Å². The van der Waals surface area contributed by atoms with E-state index in [4.69, 9.17) is 21.1 Å². The molecule has 4 aromatic rings. The third kappa shape index (κ3) is 5.51. The number of hydrogen-bond acceptors (Lipinski definition) is 6. The summed E-state index contributed by atoms with van der Waals surface area (Å²) in [5, 5.41) is 5.00. The van der Waals surface area contributed by atoms with Crippen LogP contribution in [-0.2, 0) is 4.74 Å². The van der Waals surface area contributed by atoms with Crippen LogP contribution in [0.1, 0.15) is 27.8 Å². The highest BCUT2D eigenvalue weighted by Crippen LogP contribution is 2.30. The molecule has 1 fully saturated rings. The molecule has 1 saturated heterocycles. The largest absolute Gasteiger partial charge is 0.494 e. The molecule has 0 atom stereocenters. The van der Waals surface area contributed by atoms with Gasteiger partial charge in [-0.05, 0) is 55.5 Å². The molecule has 0 saturated carbocycles. The highest BCUT2D eigenvalue weighted by atomic mass is 35.5. The molecule has 8 nitrogen and oxygen atoms in total. The van der Waals surface area contributed by atoms with Gasteiger partial charge < -0.3 is 19.3 Å². The van der Waals surface area contributed by atoms with Gasteiger partial charge in [0.05, 0.1) is 30.1 Å². The minimum absolute atomic E-state index is 0.108. The summed E-state index contributed by atoms with van der Waals surface area (Å²) < 4.78 is 25.8. The summed E-state index contributed by atoms with van der Waals surface area (Å²) in [7, 11) is 1.39. The molecule has 0 aliphatic carbocycles. The number of carbonyl (C=O) groups excluding carboxylic acids is 2. The number of ether oxygens (including phenoxy) is 2. The van der Waals surface area contributed by atoms with Crippen molar-refractivity contribution in [1.29, 1.82) is 0 Å². The smallest absolute Gasteiger partial charge is 0.358 e. The summed E-state index contributed by atoms with van der Waals surface area (Å²) in [5.41, 5.74) is 3.69. The number of para-hydroxylation sites is 1. The van der Waals surface area contributed by atoms with Gasteiger partial charge in [-0.1, -0.05) is 35.9 Å². The van der Waals surface area contributed by atoms with Gasteiger partial charge in [-0.25, -0.2) is 13.9 Å². The van der Waals surface area contributed by atoms with E-state index in [1.807, 2.05) is 42.5 Å². The number of methoxy groups -OCH3 is 1. The number of rotatable bonds is 7. The van der Waals surface area contributed by atoms with Gasteiger partial charge in [0.1, 0.15) is 0 Å². The summed E-state index contributed by atoms with van der Waals surface area (Å²) in [6.45, 7) is 4.28. The van der Waals surface area contributed by atoms with Crippen LogP contribution >= 0.6 is 11.6 Å². The monoisotopic (exact) mass is 562 g/mol. The third-order valence-corrected chi connectivity index (χ3v) is 7.09. The lowest BCUT2D eigenvalue weighted by Crippen LogP contribution is -2.48. The van der Waals surface area contributed by atoms with Crippen LogP contribution in [0.5, 0.6) is 5.75 Å². The number of esters is 1. The van der Waals surface area contributed by atoms with E-state index in [2.05, 4.69) is 10.00 Å². The van der Waals surface area contributed by atoms with E-state index >= 15 is 0 Å². The van der Waals surface area contributed by atoms with Gasteiger partial charge in [0.2, 0.25) is 0 Å². The van der Waals surface area contributed by atoms with E-state index in [9.17, 15) is 14.0 Å². The van der Waals surface area contributed by atoms with E-state index in [-0.39, 0.29) is 24.0 Å². The van der Waals surface area contributed by atoms with Crippen LogP contribution in [0, 0.1) is 5.82 Å². The average molecular weight is 563 g/mol. The Bertz CT molecular complexity index is 1530. The molecule has 0 bridgehead atoms. The van der Waals surface area contributed by atoms with Gasteiger partial charge in [0.25, 0.3) is 5.91 Å². The van der Waals surface area contributed by atoms with Crippen molar-refractivity contribution in [3.8, 4) is 22.7 Å². The Kier molecular flexibility index (Phi) is 8.02. The molecule has 1 aliphatic heterocycles. The Morgan fingerprint density at radius 2 is 1.70 bits per heavy atom. The van der Waals surface area contributed by atoms with E-state index < -0.39 is 11.8 Å². The number of nitrogens with zero attached hydrogens (tertiary/aromatic N) is 4. The minimum atomic E-state index is -0.558. The maximum absolute atomic E-state index is 14.1. The Morgan fingerprint density at radius 3 is 2.35 bits per heavy atom. The number of benzene rings is 3. The van der Waals surface area contributed by atoms with E-state index in [1.165, 1.54) is 19.2 Å². The molecule has 0 N–H and O–H groups in total. The van der Waals surface area contributed by atoms with Crippen molar-refractivity contribution in [2.24, 2.45) is 0 Å². The first-order chi connectivity index (χ1) is 19.4. The molecule has 0 unspecified atom stereocenters. The van der Waals surface area contributed by atoms with Crippen molar-refractivity contribution >= 4 is 29.2 Å². The van der Waals surface area contributed by atoms with Crippen LogP contribution < -0.4 is 9.64 Å². The molecule has 0 radical (unpaired) electrons. The van der Waals surface area contributed by atoms with Crippen molar-refractivity contribution in [2.75, 3.05) is 44.8 Å². The first kappa shape index (κ1) is 27.2. The molecule has 40 heavy (non-hydrogen) atoms. The number of hydrogen-bond donors (Lipinski definition) is 0. The number of amides is 1. The highest BCUT2D eigenvalue weighted by Gasteiger charge is 2.24. The standard InChI is InChI=1S/C30H28ClFN4O4/c1-3-40-30(38)25-19-27(36(33-25)26-7-5-4-6-23(26)31)20-8-11-22(12-9-20)34-14-16-35(17-15-34)29(37)21-10-13-28(39-2)24(32)18-21/h4-13,18-19H,3,14-17H2,1-2H3. The fraction of sp³-hybridized carbons (Fsp3) is 0.233. The number of halogens is 2. The van der Waals surface area contributed by atoms with Gasteiger partial charge in [0, 0.05) is 43.0 Å². The first-order valence-corrected chi connectivity index (χ1v) is 13.3.